The molecule has 0 unspecified atom stereocenters. The van der Waals surface area contributed by atoms with Crippen LogP contribution in [0.1, 0.15) is 65.9 Å². The van der Waals surface area contributed by atoms with Crippen LogP contribution in [-0.4, -0.2) is 72.3 Å². The van der Waals surface area contributed by atoms with E-state index in [1.54, 1.807) is 6.92 Å². The molecule has 206 valence electrons. The third-order valence-corrected chi connectivity index (χ3v) is 6.71. The van der Waals surface area contributed by atoms with Gasteiger partial charge >= 0.3 is 0 Å². The molecule has 1 aromatic carbocycles. The van der Waals surface area contributed by atoms with Gasteiger partial charge in [0.25, 0.3) is 0 Å². The van der Waals surface area contributed by atoms with Crippen LogP contribution in [-0.2, 0) is 20.8 Å². The van der Waals surface area contributed by atoms with Crippen molar-refractivity contribution in [3.8, 4) is 0 Å². The molecule has 1 heterocycles. The minimum absolute atomic E-state index is 0.00986. The summed E-state index contributed by atoms with van der Waals surface area (Å²) < 4.78 is 0. The van der Waals surface area contributed by atoms with Crippen molar-refractivity contribution in [2.45, 2.75) is 78.8 Å². The summed E-state index contributed by atoms with van der Waals surface area (Å²) in [6.07, 6.45) is 8.10. The second kappa shape index (κ2) is 16.2. The van der Waals surface area contributed by atoms with E-state index in [0.29, 0.717) is 38.5 Å². The molecule has 0 aromatic heterocycles. The number of hydrogen-bond acceptors (Lipinski definition) is 4. The highest BCUT2D eigenvalue weighted by atomic mass is 16.2. The molecule has 0 aliphatic carbocycles. The first-order valence-electron chi connectivity index (χ1n) is 14.0. The number of carbonyl (C=O) groups is 3. The third kappa shape index (κ3) is 11.5. The summed E-state index contributed by atoms with van der Waals surface area (Å²) in [5.41, 5.74) is 1.26. The van der Waals surface area contributed by atoms with Gasteiger partial charge in [-0.25, -0.2) is 0 Å². The minimum atomic E-state index is -0.579. The highest BCUT2D eigenvalue weighted by molar-refractivity contribution is 5.90. The maximum atomic E-state index is 13.5. The fraction of sp³-hybridized carbons (Fsp3) is 0.633. The van der Waals surface area contributed by atoms with Crippen molar-refractivity contribution < 1.29 is 14.4 Å². The van der Waals surface area contributed by atoms with Gasteiger partial charge in [-0.15, -0.1) is 0 Å². The van der Waals surface area contributed by atoms with Crippen LogP contribution in [0.15, 0.2) is 42.5 Å². The van der Waals surface area contributed by atoms with Gasteiger partial charge in [-0.3, -0.25) is 19.7 Å². The van der Waals surface area contributed by atoms with Crippen LogP contribution in [0.2, 0.25) is 0 Å². The Hall–Kier alpha value is -2.67. The lowest BCUT2D eigenvalue weighted by atomic mass is 10.0. The van der Waals surface area contributed by atoms with Gasteiger partial charge < -0.3 is 15.1 Å². The molecule has 0 fully saturated rings. The van der Waals surface area contributed by atoms with Crippen LogP contribution in [0.25, 0.3) is 0 Å². The first kappa shape index (κ1) is 30.6. The highest BCUT2D eigenvalue weighted by Crippen LogP contribution is 2.12. The van der Waals surface area contributed by atoms with Crippen LogP contribution < -0.4 is 10.6 Å². The van der Waals surface area contributed by atoms with Crippen molar-refractivity contribution in [2.75, 3.05) is 32.7 Å². The van der Waals surface area contributed by atoms with Gasteiger partial charge in [0.1, 0.15) is 6.04 Å². The largest absolute Gasteiger partial charge is 0.343 e. The summed E-state index contributed by atoms with van der Waals surface area (Å²) in [5, 5.41) is 6.06. The number of nitrogens with zero attached hydrogens (tertiary/aromatic N) is 2. The van der Waals surface area contributed by atoms with Crippen molar-refractivity contribution in [1.82, 2.24) is 20.4 Å². The summed E-state index contributed by atoms with van der Waals surface area (Å²) in [7, 11) is 0. The topological polar surface area (TPSA) is 81.8 Å². The minimum Gasteiger partial charge on any atom is -0.343 e. The second-order valence-corrected chi connectivity index (χ2v) is 11.0. The molecule has 0 saturated heterocycles. The fourth-order valence-electron chi connectivity index (χ4n) is 4.39. The van der Waals surface area contributed by atoms with E-state index in [9.17, 15) is 14.4 Å². The molecular formula is C30H48N4O3. The first-order chi connectivity index (χ1) is 17.7. The van der Waals surface area contributed by atoms with E-state index < -0.39 is 12.1 Å². The van der Waals surface area contributed by atoms with Crippen molar-refractivity contribution >= 4 is 17.7 Å². The van der Waals surface area contributed by atoms with Gasteiger partial charge in [-0.1, -0.05) is 70.2 Å². The van der Waals surface area contributed by atoms with Crippen molar-refractivity contribution in [1.29, 1.82) is 0 Å². The van der Waals surface area contributed by atoms with Crippen LogP contribution in [0.4, 0.5) is 0 Å². The molecule has 0 radical (unpaired) electrons. The van der Waals surface area contributed by atoms with E-state index in [4.69, 9.17) is 0 Å². The van der Waals surface area contributed by atoms with Crippen LogP contribution >= 0.6 is 0 Å². The first-order valence-corrected chi connectivity index (χ1v) is 14.0. The Labute approximate surface area is 224 Å². The number of hydrogen-bond donors (Lipinski definition) is 2. The van der Waals surface area contributed by atoms with Crippen molar-refractivity contribution in [3.63, 3.8) is 0 Å². The van der Waals surface area contributed by atoms with Gasteiger partial charge in [0.2, 0.25) is 17.7 Å². The number of carbonyl (C=O) groups excluding carboxylic acids is 3. The fourth-order valence-corrected chi connectivity index (χ4v) is 4.39. The number of nitrogens with one attached hydrogen (secondary N) is 2. The molecule has 1 aliphatic heterocycles. The Morgan fingerprint density at radius 2 is 1.68 bits per heavy atom. The Balaban J connectivity index is 2.15. The van der Waals surface area contributed by atoms with E-state index in [-0.39, 0.29) is 30.2 Å². The molecule has 7 heteroatoms. The van der Waals surface area contributed by atoms with Crippen LogP contribution in [0.3, 0.4) is 0 Å². The average Bonchev–Trinajstić information content (AvgIpc) is 2.86. The number of benzene rings is 1. The van der Waals surface area contributed by atoms with E-state index >= 15 is 0 Å². The molecule has 0 saturated carbocycles. The van der Waals surface area contributed by atoms with Crippen LogP contribution in [0, 0.1) is 11.8 Å². The van der Waals surface area contributed by atoms with Gasteiger partial charge in [-0.2, -0.15) is 0 Å². The number of amides is 3. The summed E-state index contributed by atoms with van der Waals surface area (Å²) >= 11 is 0. The number of rotatable bonds is 9. The normalized spacial score (nSPS) is 21.6. The van der Waals surface area contributed by atoms with Crippen molar-refractivity contribution in [3.05, 3.63) is 48.0 Å². The molecule has 0 spiro atoms. The molecule has 2 atom stereocenters. The average molecular weight is 513 g/mol. The van der Waals surface area contributed by atoms with Gasteiger partial charge in [-0.05, 0) is 56.4 Å². The second-order valence-electron chi connectivity index (χ2n) is 11.0. The maximum absolute atomic E-state index is 13.5. The molecule has 2 rings (SSSR count). The summed E-state index contributed by atoms with van der Waals surface area (Å²) in [4.78, 5) is 43.3. The lowest BCUT2D eigenvalue weighted by molar-refractivity contribution is -0.137. The molecule has 2 N–H and O–H groups in total. The standard InChI is InChI=1S/C30H48N4O3/c1-23(2)16-20-34-18-11-7-10-17-33(19-12-15-26-13-8-6-9-14-26)28(35)22-31-25(5)29(36)32-27(30(34)37)21-24(3)4/h6-9,11,13-14,23-25,27,31H,10,12,15-22H2,1-5H3,(H,32,36)/b11-7+/t25-,27-/m0/s1. The zero-order chi connectivity index (χ0) is 27.2. The number of aryl methyl sites for hydroxylation is 1. The van der Waals surface area contributed by atoms with E-state index in [1.165, 1.54) is 5.56 Å². The zero-order valence-corrected chi connectivity index (χ0v) is 23.5. The van der Waals surface area contributed by atoms with E-state index in [0.717, 1.165) is 25.7 Å². The predicted molar refractivity (Wildman–Crippen MR) is 150 cm³/mol. The lowest BCUT2D eigenvalue weighted by Gasteiger charge is -2.29. The summed E-state index contributed by atoms with van der Waals surface area (Å²) in [5.74, 6) is 0.438. The maximum Gasteiger partial charge on any atom is 0.245 e. The van der Waals surface area contributed by atoms with Crippen LogP contribution in [0.5, 0.6) is 0 Å². The molecule has 37 heavy (non-hydrogen) atoms. The lowest BCUT2D eigenvalue weighted by Crippen LogP contribution is -2.54. The SMILES string of the molecule is CC(C)CCN1C/C=C/CCN(CCCc2ccccc2)C(=O)CN[C@@H](C)C(=O)N[C@@H](CC(C)C)C1=O. The molecule has 1 aliphatic rings. The zero-order valence-electron chi connectivity index (χ0n) is 23.5. The molecule has 7 nitrogen and oxygen atoms in total. The summed E-state index contributed by atoms with van der Waals surface area (Å²) in [6, 6.07) is 9.14. The Kier molecular flexibility index (Phi) is 13.4. The Morgan fingerprint density at radius 3 is 2.35 bits per heavy atom. The third-order valence-electron chi connectivity index (χ3n) is 6.71. The smallest absolute Gasteiger partial charge is 0.245 e. The Bertz CT molecular complexity index is 869. The molecule has 1 aromatic rings. The molecule has 3 amide bonds. The van der Waals surface area contributed by atoms with Gasteiger partial charge in [0.15, 0.2) is 0 Å². The van der Waals surface area contributed by atoms with Gasteiger partial charge in [0, 0.05) is 26.2 Å². The quantitative estimate of drug-likeness (QED) is 0.493. The van der Waals surface area contributed by atoms with Crippen molar-refractivity contribution in [2.24, 2.45) is 11.8 Å². The summed E-state index contributed by atoms with van der Waals surface area (Å²) in [6.45, 7) is 12.7. The molecular weight excluding hydrogens is 464 g/mol. The van der Waals surface area contributed by atoms with E-state index in [2.05, 4.69) is 56.5 Å². The van der Waals surface area contributed by atoms with E-state index in [1.807, 2.05) is 34.1 Å². The monoisotopic (exact) mass is 512 g/mol. The molecule has 0 bridgehead atoms. The Morgan fingerprint density at radius 1 is 0.946 bits per heavy atom. The van der Waals surface area contributed by atoms with Gasteiger partial charge in [0.05, 0.1) is 12.6 Å². The highest BCUT2D eigenvalue weighted by Gasteiger charge is 2.28. The predicted octanol–water partition coefficient (Wildman–Crippen LogP) is 3.79.